The van der Waals surface area contributed by atoms with Gasteiger partial charge in [-0.15, -0.1) is 0 Å². The van der Waals surface area contributed by atoms with Gasteiger partial charge in [0.15, 0.2) is 0 Å². The lowest BCUT2D eigenvalue weighted by molar-refractivity contribution is -0.122. The van der Waals surface area contributed by atoms with Crippen LogP contribution in [-0.2, 0) is 11.3 Å². The number of hydrogen-bond donors (Lipinski definition) is 1. The minimum atomic E-state index is 0.119. The van der Waals surface area contributed by atoms with Gasteiger partial charge in [-0.2, -0.15) is 0 Å². The third-order valence-corrected chi connectivity index (χ3v) is 4.20. The zero-order valence-electron chi connectivity index (χ0n) is 13.4. The van der Waals surface area contributed by atoms with E-state index in [0.717, 1.165) is 44.8 Å². The number of amides is 1. The Kier molecular flexibility index (Phi) is 5.76. The predicted molar refractivity (Wildman–Crippen MR) is 83.3 cm³/mol. The molecule has 6 nitrogen and oxygen atoms in total. The molecule has 0 unspecified atom stereocenters. The molecule has 0 saturated carbocycles. The van der Waals surface area contributed by atoms with Crippen LogP contribution in [0.1, 0.15) is 17.8 Å². The minimum Gasteiger partial charge on any atom is -0.353 e. The molecular formula is C15H27N5O. The van der Waals surface area contributed by atoms with Crippen LogP contribution in [0.4, 0.5) is 0 Å². The molecule has 1 aliphatic rings. The number of aryl methyl sites for hydroxylation is 1. The SMILES string of the molecule is Cc1ncn(CCNC(=O)CN2CCCN(C)CC2)c1C. The fourth-order valence-electron chi connectivity index (χ4n) is 2.60. The van der Waals surface area contributed by atoms with E-state index in [0.29, 0.717) is 13.1 Å². The first-order chi connectivity index (χ1) is 10.1. The molecule has 1 aromatic heterocycles. The maximum absolute atomic E-state index is 12.0. The van der Waals surface area contributed by atoms with Crippen molar-refractivity contribution in [3.8, 4) is 0 Å². The second-order valence-corrected chi connectivity index (χ2v) is 5.89. The Bertz CT molecular complexity index is 471. The zero-order valence-corrected chi connectivity index (χ0v) is 13.4. The Morgan fingerprint density at radius 3 is 2.81 bits per heavy atom. The predicted octanol–water partition coefficient (Wildman–Crippen LogP) is 0.254. The molecule has 2 rings (SSSR count). The first-order valence-electron chi connectivity index (χ1n) is 7.72. The topological polar surface area (TPSA) is 53.4 Å². The summed E-state index contributed by atoms with van der Waals surface area (Å²) >= 11 is 0. The van der Waals surface area contributed by atoms with E-state index in [1.807, 2.05) is 13.3 Å². The number of aromatic nitrogens is 2. The van der Waals surface area contributed by atoms with Crippen LogP contribution in [-0.4, -0.2) is 71.6 Å². The third kappa shape index (κ3) is 4.82. The standard InChI is InChI=1S/C15H27N5O/c1-13-14(2)20(12-17-13)8-5-16-15(21)11-19-7-4-6-18(3)9-10-19/h12H,4-11H2,1-3H3,(H,16,21). The molecular weight excluding hydrogens is 266 g/mol. The monoisotopic (exact) mass is 293 g/mol. The van der Waals surface area contributed by atoms with Gasteiger partial charge in [0.25, 0.3) is 0 Å². The number of hydrogen-bond acceptors (Lipinski definition) is 4. The Hall–Kier alpha value is -1.40. The van der Waals surface area contributed by atoms with Crippen molar-refractivity contribution in [2.45, 2.75) is 26.8 Å². The number of nitrogens with zero attached hydrogens (tertiary/aromatic N) is 4. The Balaban J connectivity index is 1.69. The smallest absolute Gasteiger partial charge is 0.234 e. The van der Waals surface area contributed by atoms with E-state index >= 15 is 0 Å². The van der Waals surface area contributed by atoms with E-state index in [9.17, 15) is 4.79 Å². The molecule has 1 N–H and O–H groups in total. The number of carbonyl (C=O) groups is 1. The Labute approximate surface area is 127 Å². The maximum atomic E-state index is 12.0. The molecule has 0 spiro atoms. The first-order valence-corrected chi connectivity index (χ1v) is 7.72. The Morgan fingerprint density at radius 1 is 1.29 bits per heavy atom. The van der Waals surface area contributed by atoms with Gasteiger partial charge in [0.05, 0.1) is 18.6 Å². The summed E-state index contributed by atoms with van der Waals surface area (Å²) in [4.78, 5) is 20.8. The van der Waals surface area contributed by atoms with Crippen LogP contribution in [0.25, 0.3) is 0 Å². The van der Waals surface area contributed by atoms with Crippen molar-refractivity contribution in [1.29, 1.82) is 0 Å². The van der Waals surface area contributed by atoms with Crippen LogP contribution in [0.3, 0.4) is 0 Å². The summed E-state index contributed by atoms with van der Waals surface area (Å²) in [7, 11) is 2.14. The second kappa shape index (κ2) is 7.56. The molecule has 2 heterocycles. The fourth-order valence-corrected chi connectivity index (χ4v) is 2.60. The lowest BCUT2D eigenvalue weighted by atomic mass is 10.3. The fraction of sp³-hybridized carbons (Fsp3) is 0.733. The van der Waals surface area contributed by atoms with Crippen LogP contribution in [0.15, 0.2) is 6.33 Å². The zero-order chi connectivity index (χ0) is 15.2. The lowest BCUT2D eigenvalue weighted by Gasteiger charge is -2.19. The molecule has 1 aromatic rings. The van der Waals surface area contributed by atoms with Gasteiger partial charge in [-0.25, -0.2) is 4.98 Å². The van der Waals surface area contributed by atoms with Gasteiger partial charge in [-0.1, -0.05) is 0 Å². The summed E-state index contributed by atoms with van der Waals surface area (Å²) in [5.41, 5.74) is 2.22. The van der Waals surface area contributed by atoms with Crippen molar-refractivity contribution in [2.24, 2.45) is 0 Å². The van der Waals surface area contributed by atoms with E-state index in [-0.39, 0.29) is 5.91 Å². The normalized spacial score (nSPS) is 17.7. The van der Waals surface area contributed by atoms with E-state index in [2.05, 4.69) is 38.6 Å². The summed E-state index contributed by atoms with van der Waals surface area (Å²) in [5.74, 6) is 0.119. The van der Waals surface area contributed by atoms with E-state index < -0.39 is 0 Å². The van der Waals surface area contributed by atoms with Crippen molar-refractivity contribution in [1.82, 2.24) is 24.7 Å². The highest BCUT2D eigenvalue weighted by Crippen LogP contribution is 2.03. The highest BCUT2D eigenvalue weighted by Gasteiger charge is 2.14. The molecule has 1 aliphatic heterocycles. The number of likely N-dealkylation sites (N-methyl/N-ethyl adjacent to an activating group) is 1. The highest BCUT2D eigenvalue weighted by atomic mass is 16.2. The number of nitrogens with one attached hydrogen (secondary N) is 1. The summed E-state index contributed by atoms with van der Waals surface area (Å²) in [6.45, 7) is 10.2. The van der Waals surface area contributed by atoms with Crippen LogP contribution in [0, 0.1) is 13.8 Å². The Morgan fingerprint density at radius 2 is 2.10 bits per heavy atom. The number of imidazole rings is 1. The molecule has 6 heteroatoms. The second-order valence-electron chi connectivity index (χ2n) is 5.89. The van der Waals surface area contributed by atoms with Crippen LogP contribution >= 0.6 is 0 Å². The van der Waals surface area contributed by atoms with Gasteiger partial charge in [0.1, 0.15) is 0 Å². The van der Waals surface area contributed by atoms with Crippen molar-refractivity contribution in [3.63, 3.8) is 0 Å². The molecule has 0 radical (unpaired) electrons. The molecule has 0 aliphatic carbocycles. The van der Waals surface area contributed by atoms with E-state index in [1.165, 1.54) is 5.69 Å². The molecule has 21 heavy (non-hydrogen) atoms. The van der Waals surface area contributed by atoms with Crippen molar-refractivity contribution in [3.05, 3.63) is 17.7 Å². The average Bonchev–Trinajstić information content (AvgIpc) is 2.64. The molecule has 118 valence electrons. The van der Waals surface area contributed by atoms with E-state index in [1.54, 1.807) is 0 Å². The van der Waals surface area contributed by atoms with Crippen molar-refractivity contribution in [2.75, 3.05) is 46.3 Å². The van der Waals surface area contributed by atoms with Gasteiger partial charge in [-0.3, -0.25) is 9.69 Å². The summed E-state index contributed by atoms with van der Waals surface area (Å²) in [5, 5.41) is 3.00. The summed E-state index contributed by atoms with van der Waals surface area (Å²) in [6, 6.07) is 0. The molecule has 1 amide bonds. The van der Waals surface area contributed by atoms with Gasteiger partial charge >= 0.3 is 0 Å². The van der Waals surface area contributed by atoms with Gasteiger partial charge in [0.2, 0.25) is 5.91 Å². The largest absolute Gasteiger partial charge is 0.353 e. The number of rotatable bonds is 5. The first kappa shape index (κ1) is 16.0. The molecule has 0 atom stereocenters. The van der Waals surface area contributed by atoms with Gasteiger partial charge in [0, 0.05) is 31.9 Å². The summed E-state index contributed by atoms with van der Waals surface area (Å²) in [6.07, 6.45) is 2.97. The van der Waals surface area contributed by atoms with Gasteiger partial charge in [-0.05, 0) is 40.4 Å². The third-order valence-electron chi connectivity index (χ3n) is 4.20. The quantitative estimate of drug-likeness (QED) is 0.846. The van der Waals surface area contributed by atoms with Crippen molar-refractivity contribution < 1.29 is 4.79 Å². The van der Waals surface area contributed by atoms with Crippen molar-refractivity contribution >= 4 is 5.91 Å². The summed E-state index contributed by atoms with van der Waals surface area (Å²) < 4.78 is 2.08. The molecule has 1 fully saturated rings. The molecule has 0 bridgehead atoms. The molecule has 1 saturated heterocycles. The van der Waals surface area contributed by atoms with Crippen LogP contribution in [0.2, 0.25) is 0 Å². The maximum Gasteiger partial charge on any atom is 0.234 e. The number of carbonyl (C=O) groups excluding carboxylic acids is 1. The average molecular weight is 293 g/mol. The van der Waals surface area contributed by atoms with Gasteiger partial charge < -0.3 is 14.8 Å². The lowest BCUT2D eigenvalue weighted by Crippen LogP contribution is -2.40. The minimum absolute atomic E-state index is 0.119. The van der Waals surface area contributed by atoms with Crippen LogP contribution < -0.4 is 5.32 Å². The van der Waals surface area contributed by atoms with E-state index in [4.69, 9.17) is 0 Å². The highest BCUT2D eigenvalue weighted by molar-refractivity contribution is 5.77. The van der Waals surface area contributed by atoms with Crippen LogP contribution in [0.5, 0.6) is 0 Å². The molecule has 0 aromatic carbocycles.